The molecule has 22 heavy (non-hydrogen) atoms. The Morgan fingerprint density at radius 1 is 1.14 bits per heavy atom. The fourth-order valence-electron chi connectivity index (χ4n) is 0.990. The summed E-state index contributed by atoms with van der Waals surface area (Å²) < 4.78 is 21.3. The van der Waals surface area contributed by atoms with Crippen molar-refractivity contribution in [3.8, 4) is 0 Å². The Balaban J connectivity index is 4.31. The van der Waals surface area contributed by atoms with Crippen molar-refractivity contribution in [1.82, 2.24) is 0 Å². The maximum atomic E-state index is 11.5. The van der Waals surface area contributed by atoms with Crippen molar-refractivity contribution < 1.29 is 42.3 Å². The predicted octanol–water partition coefficient (Wildman–Crippen LogP) is -0.902. The monoisotopic (exact) mass is 339 g/mol. The van der Waals surface area contributed by atoms with E-state index in [9.17, 15) is 19.0 Å². The third-order valence-corrected chi connectivity index (χ3v) is 3.00. The summed E-state index contributed by atoms with van der Waals surface area (Å²) in [5.74, 6) is 0. The first kappa shape index (κ1) is 20.4. The van der Waals surface area contributed by atoms with Crippen LogP contribution >= 0.6 is 7.82 Å². The van der Waals surface area contributed by atoms with Gasteiger partial charge in [-0.2, -0.15) is 0 Å². The zero-order chi connectivity index (χ0) is 17.1. The highest BCUT2D eigenvalue weighted by atomic mass is 31.2. The number of likely N-dealkylation sites (N-methyl/N-ethyl adjacent to an activating group) is 1. The van der Waals surface area contributed by atoms with Gasteiger partial charge < -0.3 is 28.1 Å². The fourth-order valence-corrected chi connectivity index (χ4v) is 1.72. The maximum Gasteiger partial charge on any atom is 0.276 e. The molecule has 0 aliphatic rings. The summed E-state index contributed by atoms with van der Waals surface area (Å²) in [7, 11) is 1.05. The Labute approximate surface area is 127 Å². The standard InChI is InChI=1S/C10H18N3O8P/c1-13(2,3)4-5-19-22(16,17)20-7-10(21-12-9-15)6-18-11-8-14/h10H,4-7H2,1-3H3/t10-/m1/s1. The summed E-state index contributed by atoms with van der Waals surface area (Å²) in [6.07, 6.45) is 1.08. The Hall–Kier alpha value is -1.57. The molecular formula is C10H18N3O8P. The van der Waals surface area contributed by atoms with Crippen molar-refractivity contribution in [1.29, 1.82) is 0 Å². The Morgan fingerprint density at radius 2 is 1.77 bits per heavy atom. The van der Waals surface area contributed by atoms with E-state index in [1.165, 1.54) is 0 Å². The molecule has 2 atom stereocenters. The largest absolute Gasteiger partial charge is 0.756 e. The third kappa shape index (κ3) is 12.2. The smallest absolute Gasteiger partial charge is 0.276 e. The Bertz CT molecular complexity index is 467. The molecule has 11 nitrogen and oxygen atoms in total. The van der Waals surface area contributed by atoms with Gasteiger partial charge >= 0.3 is 0 Å². The predicted molar refractivity (Wildman–Crippen MR) is 69.5 cm³/mol. The zero-order valence-electron chi connectivity index (χ0n) is 12.5. The average Bonchev–Trinajstić information content (AvgIpc) is 2.39. The number of carbonyl (C=O) groups excluding carboxylic acids is 2. The second kappa shape index (κ2) is 10.2. The second-order valence-corrected chi connectivity index (χ2v) is 6.39. The molecule has 0 radical (unpaired) electrons. The van der Waals surface area contributed by atoms with Crippen molar-refractivity contribution in [2.75, 3.05) is 47.5 Å². The van der Waals surface area contributed by atoms with E-state index in [1.807, 2.05) is 21.1 Å². The van der Waals surface area contributed by atoms with Crippen LogP contribution in [0.3, 0.4) is 0 Å². The number of isocyanates is 2. The lowest BCUT2D eigenvalue weighted by molar-refractivity contribution is -0.870. The minimum Gasteiger partial charge on any atom is -0.756 e. The van der Waals surface area contributed by atoms with Crippen LogP contribution in [0.2, 0.25) is 0 Å². The molecule has 0 spiro atoms. The van der Waals surface area contributed by atoms with Gasteiger partial charge in [0.25, 0.3) is 20.0 Å². The first-order valence-electron chi connectivity index (χ1n) is 6.03. The van der Waals surface area contributed by atoms with E-state index in [0.29, 0.717) is 11.0 Å². The molecular weight excluding hydrogens is 321 g/mol. The Morgan fingerprint density at radius 3 is 2.32 bits per heavy atom. The quantitative estimate of drug-likeness (QED) is 0.147. The van der Waals surface area contributed by atoms with Crippen LogP contribution in [0.1, 0.15) is 0 Å². The SMILES string of the molecule is C[N+](C)(C)CCOP(=O)([O-])OC[C@@H](CON=C=O)ON=C=O. The molecule has 0 bridgehead atoms. The molecule has 0 N–H and O–H groups in total. The van der Waals surface area contributed by atoms with Gasteiger partial charge in [0.2, 0.25) is 0 Å². The minimum atomic E-state index is -4.55. The summed E-state index contributed by atoms with van der Waals surface area (Å²) >= 11 is 0. The van der Waals surface area contributed by atoms with Crippen LogP contribution in [0.4, 0.5) is 0 Å². The fraction of sp³-hybridized carbons (Fsp3) is 0.800. The molecule has 126 valence electrons. The van der Waals surface area contributed by atoms with Crippen molar-refractivity contribution in [3.63, 3.8) is 0 Å². The lowest BCUT2D eigenvalue weighted by atomic mass is 10.4. The number of phosphoric ester groups is 1. The van der Waals surface area contributed by atoms with Gasteiger partial charge in [-0.05, 0) is 0 Å². The van der Waals surface area contributed by atoms with Crippen molar-refractivity contribution in [2.45, 2.75) is 6.10 Å². The number of nitrogens with zero attached hydrogens (tertiary/aromatic N) is 3. The van der Waals surface area contributed by atoms with E-state index >= 15 is 0 Å². The van der Waals surface area contributed by atoms with Gasteiger partial charge in [-0.15, -0.1) is 0 Å². The number of rotatable bonds is 12. The van der Waals surface area contributed by atoms with E-state index in [2.05, 4.69) is 29.0 Å². The topological polar surface area (TPSA) is 136 Å². The van der Waals surface area contributed by atoms with Gasteiger partial charge in [-0.1, -0.05) is 0 Å². The molecule has 0 aromatic heterocycles. The molecule has 0 rings (SSSR count). The number of hydrogen-bond acceptors (Lipinski definition) is 10. The van der Waals surface area contributed by atoms with E-state index in [0.717, 1.165) is 12.2 Å². The van der Waals surface area contributed by atoms with Crippen LogP contribution in [0.15, 0.2) is 10.3 Å². The van der Waals surface area contributed by atoms with Crippen molar-refractivity contribution in [2.24, 2.45) is 10.3 Å². The number of hydrogen-bond donors (Lipinski definition) is 0. The van der Waals surface area contributed by atoms with E-state index < -0.39 is 20.5 Å². The normalized spacial score (nSPS) is 14.9. The van der Waals surface area contributed by atoms with Gasteiger partial charge in [0, 0.05) is 10.3 Å². The van der Waals surface area contributed by atoms with Gasteiger partial charge in [0.15, 0.2) is 12.7 Å². The maximum absolute atomic E-state index is 11.5. The van der Waals surface area contributed by atoms with Crippen molar-refractivity contribution >= 4 is 20.0 Å². The summed E-state index contributed by atoms with van der Waals surface area (Å²) in [4.78, 5) is 40.2. The molecule has 0 heterocycles. The highest BCUT2D eigenvalue weighted by Crippen LogP contribution is 2.38. The lowest BCUT2D eigenvalue weighted by Gasteiger charge is -2.27. The Kier molecular flexibility index (Phi) is 9.48. The van der Waals surface area contributed by atoms with Gasteiger partial charge in [-0.3, -0.25) is 4.57 Å². The van der Waals surface area contributed by atoms with Crippen LogP contribution in [-0.4, -0.2) is 70.3 Å². The highest BCUT2D eigenvalue weighted by Gasteiger charge is 2.18. The molecule has 0 aromatic carbocycles. The number of quaternary nitrogens is 1. The second-order valence-electron chi connectivity index (χ2n) is 4.98. The van der Waals surface area contributed by atoms with Crippen LogP contribution in [0, 0.1) is 0 Å². The van der Waals surface area contributed by atoms with Crippen LogP contribution < -0.4 is 4.89 Å². The van der Waals surface area contributed by atoms with E-state index in [4.69, 9.17) is 0 Å². The molecule has 12 heteroatoms. The summed E-state index contributed by atoms with van der Waals surface area (Å²) in [5.41, 5.74) is 0. The van der Waals surface area contributed by atoms with Gasteiger partial charge in [0.05, 0.1) is 27.7 Å². The van der Waals surface area contributed by atoms with Crippen LogP contribution in [-0.2, 0) is 32.9 Å². The lowest BCUT2D eigenvalue weighted by Crippen LogP contribution is -2.37. The molecule has 0 saturated heterocycles. The van der Waals surface area contributed by atoms with Crippen LogP contribution in [0.5, 0.6) is 0 Å². The minimum absolute atomic E-state index is 0.0613. The number of phosphoric acid groups is 1. The van der Waals surface area contributed by atoms with Crippen LogP contribution in [0.25, 0.3) is 0 Å². The first-order valence-corrected chi connectivity index (χ1v) is 7.49. The third-order valence-electron chi connectivity index (χ3n) is 2.03. The molecule has 0 aromatic rings. The van der Waals surface area contributed by atoms with Gasteiger partial charge in [-0.25, -0.2) is 9.59 Å². The summed E-state index contributed by atoms with van der Waals surface area (Å²) in [5, 5.41) is 5.58. The molecule has 0 aliphatic heterocycles. The molecule has 0 saturated carbocycles. The zero-order valence-corrected chi connectivity index (χ0v) is 13.4. The average molecular weight is 339 g/mol. The summed E-state index contributed by atoms with van der Waals surface area (Å²) in [6.45, 7) is -0.555. The summed E-state index contributed by atoms with van der Waals surface area (Å²) in [6, 6.07) is 0. The molecule has 0 amide bonds. The van der Waals surface area contributed by atoms with Gasteiger partial charge in [0.1, 0.15) is 13.2 Å². The first-order chi connectivity index (χ1) is 10.2. The van der Waals surface area contributed by atoms with E-state index in [1.54, 1.807) is 0 Å². The highest BCUT2D eigenvalue weighted by molar-refractivity contribution is 7.45. The molecule has 0 fully saturated rings. The molecule has 0 aliphatic carbocycles. The van der Waals surface area contributed by atoms with E-state index in [-0.39, 0.29) is 13.2 Å². The van der Waals surface area contributed by atoms with Crippen molar-refractivity contribution in [3.05, 3.63) is 0 Å². The molecule has 1 unspecified atom stereocenters.